The predicted molar refractivity (Wildman–Crippen MR) is 77.9 cm³/mol. The minimum Gasteiger partial charge on any atom is -0.0683 e. The molecule has 0 saturated heterocycles. The third kappa shape index (κ3) is 10.5. The van der Waals surface area contributed by atoms with Crippen LogP contribution in [-0.4, -0.2) is 0 Å². The lowest BCUT2D eigenvalue weighted by Gasteiger charge is -2.05. The summed E-state index contributed by atoms with van der Waals surface area (Å²) in [4.78, 5) is 0. The zero-order chi connectivity index (χ0) is 13.0. The molecule has 0 aromatic rings. The van der Waals surface area contributed by atoms with Gasteiger partial charge in [0.15, 0.2) is 0 Å². The van der Waals surface area contributed by atoms with Gasteiger partial charge in [0, 0.05) is 0 Å². The highest BCUT2D eigenvalue weighted by atomic mass is 14.3. The molecule has 0 heterocycles. The largest absolute Gasteiger partial charge is 0.0683 e. The smallest absolute Gasteiger partial charge is 0.0414 e. The third-order valence-electron chi connectivity index (χ3n) is 3.62. The first-order valence-electron chi connectivity index (χ1n) is 7.63. The maximum absolute atomic E-state index is 2.32. The molecule has 2 unspecified atom stereocenters. The minimum atomic E-state index is 0.884. The van der Waals surface area contributed by atoms with E-state index in [0.717, 1.165) is 17.8 Å². The molecule has 1 fully saturated rings. The van der Waals surface area contributed by atoms with E-state index < -0.39 is 0 Å². The second kappa shape index (κ2) is 13.1. The van der Waals surface area contributed by atoms with Gasteiger partial charge in [-0.15, -0.1) is 0 Å². The van der Waals surface area contributed by atoms with Gasteiger partial charge < -0.3 is 0 Å². The molecule has 1 aliphatic carbocycles. The van der Waals surface area contributed by atoms with Crippen LogP contribution < -0.4 is 0 Å². The van der Waals surface area contributed by atoms with Crippen LogP contribution in [0.2, 0.25) is 0 Å². The van der Waals surface area contributed by atoms with Crippen molar-refractivity contribution >= 4 is 0 Å². The van der Waals surface area contributed by atoms with Crippen molar-refractivity contribution in [1.29, 1.82) is 0 Å². The molecule has 0 aromatic carbocycles. The Kier molecular flexibility index (Phi) is 15.0. The molecule has 0 heteroatoms. The quantitative estimate of drug-likeness (QED) is 0.531. The highest BCUT2D eigenvalue weighted by molar-refractivity contribution is 4.73. The van der Waals surface area contributed by atoms with Gasteiger partial charge in [-0.3, -0.25) is 0 Å². The van der Waals surface area contributed by atoms with Crippen molar-refractivity contribution in [1.82, 2.24) is 0 Å². The lowest BCUT2D eigenvalue weighted by atomic mass is 10.0. The van der Waals surface area contributed by atoms with Crippen molar-refractivity contribution in [2.45, 2.75) is 87.0 Å². The maximum atomic E-state index is 2.32. The molecule has 0 radical (unpaired) electrons. The van der Waals surface area contributed by atoms with Crippen molar-refractivity contribution in [3.05, 3.63) is 0 Å². The molecule has 0 amide bonds. The predicted octanol–water partition coefficient (Wildman–Crippen LogP) is 6.30. The van der Waals surface area contributed by atoms with E-state index in [4.69, 9.17) is 0 Å². The van der Waals surface area contributed by atoms with Crippen molar-refractivity contribution in [2.24, 2.45) is 17.8 Å². The first-order chi connectivity index (χ1) is 7.63. The second-order valence-corrected chi connectivity index (χ2v) is 5.16. The van der Waals surface area contributed by atoms with Crippen LogP contribution in [0.1, 0.15) is 87.0 Å². The van der Waals surface area contributed by atoms with Crippen LogP contribution in [0.25, 0.3) is 0 Å². The summed E-state index contributed by atoms with van der Waals surface area (Å²) in [5.74, 6) is 3.04. The van der Waals surface area contributed by atoms with Crippen LogP contribution >= 0.6 is 0 Å². The van der Waals surface area contributed by atoms with E-state index in [1.54, 1.807) is 0 Å². The zero-order valence-electron chi connectivity index (χ0n) is 13.0. The summed E-state index contributed by atoms with van der Waals surface area (Å²) in [6, 6.07) is 0. The average Bonchev–Trinajstić information content (AvgIpc) is 2.80. The third-order valence-corrected chi connectivity index (χ3v) is 3.62. The highest BCUT2D eigenvalue weighted by Gasteiger charge is 2.20. The Morgan fingerprint density at radius 1 is 0.875 bits per heavy atom. The summed E-state index contributed by atoms with van der Waals surface area (Å²) in [5, 5.41) is 0. The van der Waals surface area contributed by atoms with E-state index in [0.29, 0.717) is 0 Å². The van der Waals surface area contributed by atoms with Gasteiger partial charge in [0.05, 0.1) is 0 Å². The fraction of sp³-hybridized carbons (Fsp3) is 1.00. The molecule has 0 spiro atoms. The standard InChI is InChI=1S/C9H18.C5H12.C2H6/c1-3-8-5-6-9(4-2)7-8;1-4-5(2)3;1-2/h8-9H,3-7H2,1-2H3;5H,4H2,1-3H3;1-2H3. The highest BCUT2D eigenvalue weighted by Crippen LogP contribution is 2.34. The van der Waals surface area contributed by atoms with E-state index in [1.165, 1.54) is 38.5 Å². The number of hydrogen-bond acceptors (Lipinski definition) is 0. The fourth-order valence-corrected chi connectivity index (χ4v) is 1.92. The SMILES string of the molecule is CC.CCC(C)C.CCC1CCC(CC)C1. The molecule has 0 N–H and O–H groups in total. The lowest BCUT2D eigenvalue weighted by molar-refractivity contribution is 0.471. The Bertz CT molecular complexity index is 105. The van der Waals surface area contributed by atoms with Crippen LogP contribution in [-0.2, 0) is 0 Å². The van der Waals surface area contributed by atoms with Gasteiger partial charge in [-0.2, -0.15) is 0 Å². The monoisotopic (exact) mass is 228 g/mol. The van der Waals surface area contributed by atoms with Gasteiger partial charge in [-0.25, -0.2) is 0 Å². The normalized spacial score (nSPS) is 23.2. The molecule has 0 nitrogen and oxygen atoms in total. The molecule has 16 heavy (non-hydrogen) atoms. The summed E-state index contributed by atoms with van der Waals surface area (Å²) in [6.45, 7) is 15.3. The van der Waals surface area contributed by atoms with Gasteiger partial charge in [0.25, 0.3) is 0 Å². The first-order valence-corrected chi connectivity index (χ1v) is 7.63. The summed E-state index contributed by atoms with van der Waals surface area (Å²) in [7, 11) is 0. The van der Waals surface area contributed by atoms with Gasteiger partial charge >= 0.3 is 0 Å². The van der Waals surface area contributed by atoms with Crippen LogP contribution in [0.4, 0.5) is 0 Å². The Labute approximate surface area is 105 Å². The molecule has 2 atom stereocenters. The Balaban J connectivity index is 0. The van der Waals surface area contributed by atoms with E-state index in [9.17, 15) is 0 Å². The molecule has 100 valence electrons. The van der Waals surface area contributed by atoms with E-state index in [1.807, 2.05) is 13.8 Å². The molecule has 0 bridgehead atoms. The molecule has 1 saturated carbocycles. The van der Waals surface area contributed by atoms with E-state index in [2.05, 4.69) is 34.6 Å². The van der Waals surface area contributed by atoms with E-state index >= 15 is 0 Å². The molecule has 0 aromatic heterocycles. The van der Waals surface area contributed by atoms with Gasteiger partial charge in [0.1, 0.15) is 0 Å². The second-order valence-electron chi connectivity index (χ2n) is 5.16. The van der Waals surface area contributed by atoms with Crippen LogP contribution in [0.3, 0.4) is 0 Å². The molecule has 1 rings (SSSR count). The first kappa shape index (κ1) is 18.4. The molecule has 1 aliphatic rings. The van der Waals surface area contributed by atoms with Crippen molar-refractivity contribution in [3.63, 3.8) is 0 Å². The summed E-state index contributed by atoms with van der Waals surface area (Å²) >= 11 is 0. The topological polar surface area (TPSA) is 0 Å². The van der Waals surface area contributed by atoms with Gasteiger partial charge in [-0.05, 0) is 24.2 Å². The fourth-order valence-electron chi connectivity index (χ4n) is 1.92. The minimum absolute atomic E-state index is 0.884. The van der Waals surface area contributed by atoms with Crippen molar-refractivity contribution < 1.29 is 0 Å². The van der Waals surface area contributed by atoms with Crippen molar-refractivity contribution in [3.8, 4) is 0 Å². The van der Waals surface area contributed by atoms with E-state index in [-0.39, 0.29) is 0 Å². The Morgan fingerprint density at radius 3 is 1.31 bits per heavy atom. The zero-order valence-corrected chi connectivity index (χ0v) is 13.0. The number of hydrogen-bond donors (Lipinski definition) is 0. The van der Waals surface area contributed by atoms with Gasteiger partial charge in [-0.1, -0.05) is 80.6 Å². The summed E-state index contributed by atoms with van der Waals surface area (Å²) < 4.78 is 0. The van der Waals surface area contributed by atoms with Gasteiger partial charge in [0.2, 0.25) is 0 Å². The summed E-state index contributed by atoms with van der Waals surface area (Å²) in [5.41, 5.74) is 0. The van der Waals surface area contributed by atoms with Crippen LogP contribution in [0, 0.1) is 17.8 Å². The maximum Gasteiger partial charge on any atom is -0.0414 e. The molecular formula is C16H36. The van der Waals surface area contributed by atoms with Crippen LogP contribution in [0.15, 0.2) is 0 Å². The molecular weight excluding hydrogens is 192 g/mol. The number of rotatable bonds is 3. The Hall–Kier alpha value is 0. The van der Waals surface area contributed by atoms with Crippen LogP contribution in [0.5, 0.6) is 0 Å². The molecule has 0 aliphatic heterocycles. The Morgan fingerprint density at radius 2 is 1.19 bits per heavy atom. The summed E-state index contributed by atoms with van der Waals surface area (Å²) in [6.07, 6.45) is 8.67. The lowest BCUT2D eigenvalue weighted by Crippen LogP contribution is -1.92. The van der Waals surface area contributed by atoms with Crippen molar-refractivity contribution in [2.75, 3.05) is 0 Å². The average molecular weight is 228 g/mol.